The molecule has 3 heterocycles. The summed E-state index contributed by atoms with van der Waals surface area (Å²) in [6, 6.07) is 10.1. The predicted molar refractivity (Wildman–Crippen MR) is 116 cm³/mol. The first-order chi connectivity index (χ1) is 13.9. The standard InChI is InChI=1S/C22H25N5OS/c1-14-12-15(2)24-22(23-14)27-17(4)18(16(3)25-27)13-21(28)26-10-7-11-29-20-9-6-5-8-19(20)26/h5-6,8-9,12H,7,10-11,13H2,1-4H3. The van der Waals surface area contributed by atoms with E-state index in [9.17, 15) is 4.79 Å². The zero-order valence-corrected chi connectivity index (χ0v) is 18.1. The van der Waals surface area contributed by atoms with Gasteiger partial charge in [0.25, 0.3) is 5.95 Å². The lowest BCUT2D eigenvalue weighted by molar-refractivity contribution is -0.118. The van der Waals surface area contributed by atoms with Crippen molar-refractivity contribution in [1.82, 2.24) is 19.7 Å². The molecule has 6 nitrogen and oxygen atoms in total. The van der Waals surface area contributed by atoms with Crippen molar-refractivity contribution in [3.8, 4) is 5.95 Å². The number of para-hydroxylation sites is 1. The average molecular weight is 408 g/mol. The van der Waals surface area contributed by atoms with Crippen LogP contribution in [-0.4, -0.2) is 38.0 Å². The lowest BCUT2D eigenvalue weighted by Gasteiger charge is -2.22. The third-order valence-electron chi connectivity index (χ3n) is 5.17. The van der Waals surface area contributed by atoms with Gasteiger partial charge in [-0.25, -0.2) is 14.6 Å². The van der Waals surface area contributed by atoms with Crippen LogP contribution in [0.2, 0.25) is 0 Å². The Labute approximate surface area is 175 Å². The third-order valence-corrected chi connectivity index (χ3v) is 6.32. The molecule has 150 valence electrons. The molecule has 7 heteroatoms. The van der Waals surface area contributed by atoms with Crippen LogP contribution in [0.25, 0.3) is 5.95 Å². The van der Waals surface area contributed by atoms with E-state index in [0.29, 0.717) is 12.4 Å². The van der Waals surface area contributed by atoms with Crippen molar-refractivity contribution in [2.45, 2.75) is 45.4 Å². The van der Waals surface area contributed by atoms with E-state index in [1.807, 2.05) is 68.6 Å². The average Bonchev–Trinajstić information content (AvgIpc) is 2.85. The molecule has 0 unspecified atom stereocenters. The number of rotatable bonds is 3. The topological polar surface area (TPSA) is 63.9 Å². The molecule has 0 N–H and O–H groups in total. The summed E-state index contributed by atoms with van der Waals surface area (Å²) in [5.41, 5.74) is 5.52. The van der Waals surface area contributed by atoms with Crippen molar-refractivity contribution in [1.29, 1.82) is 0 Å². The van der Waals surface area contributed by atoms with E-state index in [1.54, 1.807) is 4.68 Å². The van der Waals surface area contributed by atoms with E-state index in [1.165, 1.54) is 4.90 Å². The summed E-state index contributed by atoms with van der Waals surface area (Å²) in [6.45, 7) is 8.57. The second-order valence-corrected chi connectivity index (χ2v) is 8.54. The van der Waals surface area contributed by atoms with Gasteiger partial charge in [0.15, 0.2) is 0 Å². The summed E-state index contributed by atoms with van der Waals surface area (Å²) in [4.78, 5) is 25.4. The Balaban J connectivity index is 1.65. The Morgan fingerprint density at radius 1 is 1.10 bits per heavy atom. The highest BCUT2D eigenvalue weighted by molar-refractivity contribution is 7.99. The van der Waals surface area contributed by atoms with Crippen LogP contribution in [0.5, 0.6) is 0 Å². The second kappa shape index (κ2) is 7.99. The third kappa shape index (κ3) is 3.92. The van der Waals surface area contributed by atoms with Crippen LogP contribution in [0.15, 0.2) is 35.2 Å². The highest BCUT2D eigenvalue weighted by atomic mass is 32.2. The van der Waals surface area contributed by atoms with Crippen molar-refractivity contribution in [2.24, 2.45) is 0 Å². The van der Waals surface area contributed by atoms with Crippen molar-refractivity contribution >= 4 is 23.4 Å². The highest BCUT2D eigenvalue weighted by Crippen LogP contribution is 2.34. The first-order valence-electron chi connectivity index (χ1n) is 9.84. The molecule has 2 aromatic heterocycles. The van der Waals surface area contributed by atoms with Crippen molar-refractivity contribution < 1.29 is 4.79 Å². The highest BCUT2D eigenvalue weighted by Gasteiger charge is 2.24. The molecule has 1 aromatic carbocycles. The summed E-state index contributed by atoms with van der Waals surface area (Å²) in [5.74, 6) is 1.69. The molecule has 0 aliphatic carbocycles. The Morgan fingerprint density at radius 3 is 2.59 bits per heavy atom. The van der Waals surface area contributed by atoms with Gasteiger partial charge in [-0.05, 0) is 58.1 Å². The summed E-state index contributed by atoms with van der Waals surface area (Å²) in [7, 11) is 0. The molecule has 0 saturated carbocycles. The first-order valence-corrected chi connectivity index (χ1v) is 10.8. The molecule has 0 fully saturated rings. The molecule has 0 radical (unpaired) electrons. The number of fused-ring (bicyclic) bond motifs is 1. The van der Waals surface area contributed by atoms with E-state index in [2.05, 4.69) is 21.1 Å². The molecule has 1 aliphatic heterocycles. The lowest BCUT2D eigenvalue weighted by atomic mass is 10.1. The van der Waals surface area contributed by atoms with Gasteiger partial charge in [0, 0.05) is 34.1 Å². The molecule has 0 atom stereocenters. The van der Waals surface area contributed by atoms with Gasteiger partial charge in [-0.1, -0.05) is 12.1 Å². The van der Waals surface area contributed by atoms with Gasteiger partial charge in [-0.2, -0.15) is 5.10 Å². The Bertz CT molecular complexity index is 1050. The molecule has 29 heavy (non-hydrogen) atoms. The van der Waals surface area contributed by atoms with Gasteiger partial charge in [0.2, 0.25) is 5.91 Å². The molecule has 0 saturated heterocycles. The predicted octanol–water partition coefficient (Wildman–Crippen LogP) is 3.97. The zero-order valence-electron chi connectivity index (χ0n) is 17.3. The number of carbonyl (C=O) groups excluding carboxylic acids is 1. The number of hydrogen-bond donors (Lipinski definition) is 0. The normalized spacial score (nSPS) is 13.9. The fourth-order valence-electron chi connectivity index (χ4n) is 3.76. The fraction of sp³-hybridized carbons (Fsp3) is 0.364. The maximum atomic E-state index is 13.3. The van der Waals surface area contributed by atoms with E-state index in [-0.39, 0.29) is 5.91 Å². The minimum absolute atomic E-state index is 0.104. The largest absolute Gasteiger partial charge is 0.311 e. The number of aryl methyl sites for hydroxylation is 3. The summed E-state index contributed by atoms with van der Waals surface area (Å²) < 4.78 is 1.75. The van der Waals surface area contributed by atoms with Gasteiger partial charge in [-0.15, -0.1) is 11.8 Å². The van der Waals surface area contributed by atoms with Gasteiger partial charge < -0.3 is 4.90 Å². The number of benzene rings is 1. The number of aromatic nitrogens is 4. The number of thioether (sulfide) groups is 1. The summed E-state index contributed by atoms with van der Waals surface area (Å²) in [6.07, 6.45) is 1.31. The zero-order chi connectivity index (χ0) is 20.5. The van der Waals surface area contributed by atoms with Gasteiger partial charge in [0.1, 0.15) is 0 Å². The van der Waals surface area contributed by atoms with Gasteiger partial charge >= 0.3 is 0 Å². The molecule has 1 amide bonds. The van der Waals surface area contributed by atoms with E-state index >= 15 is 0 Å². The lowest BCUT2D eigenvalue weighted by Crippen LogP contribution is -2.33. The van der Waals surface area contributed by atoms with Crippen LogP contribution in [0, 0.1) is 27.7 Å². The summed E-state index contributed by atoms with van der Waals surface area (Å²) >= 11 is 1.82. The van der Waals surface area contributed by atoms with Crippen molar-refractivity contribution in [3.63, 3.8) is 0 Å². The smallest absolute Gasteiger partial charge is 0.251 e. The number of anilines is 1. The SMILES string of the molecule is Cc1cc(C)nc(-n2nc(C)c(CC(=O)N3CCCSc4ccccc43)c2C)n1. The minimum Gasteiger partial charge on any atom is -0.311 e. The number of amides is 1. The Hall–Kier alpha value is -2.67. The minimum atomic E-state index is 0.104. The number of carbonyl (C=O) groups is 1. The van der Waals surface area contributed by atoms with Crippen LogP contribution in [0.1, 0.15) is 34.8 Å². The van der Waals surface area contributed by atoms with E-state index in [0.717, 1.165) is 52.7 Å². The number of hydrogen-bond acceptors (Lipinski definition) is 5. The van der Waals surface area contributed by atoms with Gasteiger partial charge in [-0.3, -0.25) is 4.79 Å². The van der Waals surface area contributed by atoms with Crippen LogP contribution in [0.4, 0.5) is 5.69 Å². The van der Waals surface area contributed by atoms with Crippen molar-refractivity contribution in [2.75, 3.05) is 17.2 Å². The van der Waals surface area contributed by atoms with Crippen LogP contribution in [0.3, 0.4) is 0 Å². The van der Waals surface area contributed by atoms with Crippen LogP contribution in [-0.2, 0) is 11.2 Å². The van der Waals surface area contributed by atoms with E-state index in [4.69, 9.17) is 0 Å². The maximum absolute atomic E-state index is 13.3. The Morgan fingerprint density at radius 2 is 1.83 bits per heavy atom. The van der Waals surface area contributed by atoms with Gasteiger partial charge in [0.05, 0.1) is 17.8 Å². The molecule has 3 aromatic rings. The monoisotopic (exact) mass is 407 g/mol. The van der Waals surface area contributed by atoms with E-state index < -0.39 is 0 Å². The molecule has 0 spiro atoms. The van der Waals surface area contributed by atoms with Crippen molar-refractivity contribution in [3.05, 3.63) is 58.7 Å². The molecule has 0 bridgehead atoms. The maximum Gasteiger partial charge on any atom is 0.251 e. The molecular weight excluding hydrogens is 382 g/mol. The molecular formula is C22H25N5OS. The molecule has 4 rings (SSSR count). The number of nitrogens with zero attached hydrogens (tertiary/aromatic N) is 5. The molecule has 1 aliphatic rings. The fourth-order valence-corrected chi connectivity index (χ4v) is 4.76. The quantitative estimate of drug-likeness (QED) is 0.657. The second-order valence-electron chi connectivity index (χ2n) is 7.40. The van der Waals surface area contributed by atoms with Crippen LogP contribution < -0.4 is 4.90 Å². The Kier molecular flexibility index (Phi) is 5.41. The summed E-state index contributed by atoms with van der Waals surface area (Å²) in [5, 5.41) is 4.64. The first kappa shape index (κ1) is 19.6. The van der Waals surface area contributed by atoms with Crippen LogP contribution >= 0.6 is 11.8 Å².